The lowest BCUT2D eigenvalue weighted by molar-refractivity contribution is -0.130. The molecule has 148 valence electrons. The SMILES string of the molecule is CC(=O)N1C=Cc2ccccc2C1CC(=O)NNC(=O)c1ccc2c(c1)OCO2. The minimum absolute atomic E-state index is 0.00233. The van der Waals surface area contributed by atoms with Crippen LogP contribution in [0.15, 0.2) is 48.7 Å². The molecule has 0 radical (unpaired) electrons. The van der Waals surface area contributed by atoms with Gasteiger partial charge in [0.15, 0.2) is 11.5 Å². The van der Waals surface area contributed by atoms with Crippen molar-refractivity contribution in [3.8, 4) is 11.5 Å². The Bertz CT molecular complexity index is 1020. The summed E-state index contributed by atoms with van der Waals surface area (Å²) in [5, 5.41) is 0. The summed E-state index contributed by atoms with van der Waals surface area (Å²) in [5.41, 5.74) is 6.96. The fourth-order valence-electron chi connectivity index (χ4n) is 3.38. The highest BCUT2D eigenvalue weighted by molar-refractivity contribution is 5.96. The van der Waals surface area contributed by atoms with Crippen molar-refractivity contribution in [3.05, 3.63) is 65.4 Å². The van der Waals surface area contributed by atoms with Crippen molar-refractivity contribution >= 4 is 23.8 Å². The van der Waals surface area contributed by atoms with Gasteiger partial charge < -0.3 is 14.4 Å². The van der Waals surface area contributed by atoms with E-state index in [2.05, 4.69) is 10.9 Å². The summed E-state index contributed by atoms with van der Waals surface area (Å²) >= 11 is 0. The van der Waals surface area contributed by atoms with E-state index in [9.17, 15) is 14.4 Å². The van der Waals surface area contributed by atoms with Crippen molar-refractivity contribution in [1.29, 1.82) is 0 Å². The fourth-order valence-corrected chi connectivity index (χ4v) is 3.38. The molecule has 1 unspecified atom stereocenters. The number of nitrogens with one attached hydrogen (secondary N) is 2. The van der Waals surface area contributed by atoms with Crippen molar-refractivity contribution in [3.63, 3.8) is 0 Å². The third kappa shape index (κ3) is 3.77. The summed E-state index contributed by atoms with van der Waals surface area (Å²) in [7, 11) is 0. The second-order valence-corrected chi connectivity index (χ2v) is 6.66. The number of ether oxygens (including phenoxy) is 2. The molecule has 0 saturated carbocycles. The van der Waals surface area contributed by atoms with Gasteiger partial charge in [-0.3, -0.25) is 25.2 Å². The van der Waals surface area contributed by atoms with Crippen LogP contribution in [0.3, 0.4) is 0 Å². The minimum atomic E-state index is -0.482. The van der Waals surface area contributed by atoms with Gasteiger partial charge in [0.05, 0.1) is 12.5 Å². The van der Waals surface area contributed by atoms with Crippen molar-refractivity contribution < 1.29 is 23.9 Å². The normalized spacial score (nSPS) is 16.2. The number of hydrazine groups is 1. The summed E-state index contributed by atoms with van der Waals surface area (Å²) in [5.74, 6) is -0.0204. The standard InChI is InChI=1S/C21H19N3O5/c1-13(25)24-9-8-14-4-2-3-5-16(14)17(24)11-20(26)22-23-21(27)15-6-7-18-19(10-15)29-12-28-18/h2-10,17H,11-12H2,1H3,(H,22,26)(H,23,27). The third-order valence-electron chi connectivity index (χ3n) is 4.80. The molecule has 1 atom stereocenters. The molecule has 0 bridgehead atoms. The lowest BCUT2D eigenvalue weighted by atomic mass is 9.93. The zero-order valence-electron chi connectivity index (χ0n) is 15.7. The summed E-state index contributed by atoms with van der Waals surface area (Å²) in [6.45, 7) is 1.56. The van der Waals surface area contributed by atoms with Crippen LogP contribution in [0, 0.1) is 0 Å². The first kappa shape index (κ1) is 18.5. The van der Waals surface area contributed by atoms with E-state index in [0.29, 0.717) is 17.1 Å². The molecule has 4 rings (SSSR count). The molecule has 2 aliphatic rings. The van der Waals surface area contributed by atoms with Crippen LogP contribution in [0.1, 0.15) is 40.9 Å². The van der Waals surface area contributed by atoms with Crippen LogP contribution in [0.25, 0.3) is 6.08 Å². The molecule has 2 aromatic rings. The number of benzene rings is 2. The quantitative estimate of drug-likeness (QED) is 0.779. The van der Waals surface area contributed by atoms with Crippen LogP contribution >= 0.6 is 0 Å². The lowest BCUT2D eigenvalue weighted by Crippen LogP contribution is -2.43. The van der Waals surface area contributed by atoms with Crippen molar-refractivity contribution in [1.82, 2.24) is 15.8 Å². The summed E-state index contributed by atoms with van der Waals surface area (Å²) in [6, 6.07) is 11.9. The molecule has 8 heteroatoms. The smallest absolute Gasteiger partial charge is 0.269 e. The minimum Gasteiger partial charge on any atom is -0.454 e. The van der Waals surface area contributed by atoms with Gasteiger partial charge in [0.25, 0.3) is 5.91 Å². The molecule has 8 nitrogen and oxygen atoms in total. The maximum Gasteiger partial charge on any atom is 0.269 e. The van der Waals surface area contributed by atoms with Crippen LogP contribution in [-0.2, 0) is 9.59 Å². The largest absolute Gasteiger partial charge is 0.454 e. The Balaban J connectivity index is 1.41. The van der Waals surface area contributed by atoms with Crippen molar-refractivity contribution in [2.75, 3.05) is 6.79 Å². The van der Waals surface area contributed by atoms with E-state index in [0.717, 1.165) is 11.1 Å². The molecule has 29 heavy (non-hydrogen) atoms. The predicted molar refractivity (Wildman–Crippen MR) is 104 cm³/mol. The van der Waals surface area contributed by atoms with Crippen LogP contribution in [-0.4, -0.2) is 29.4 Å². The van der Waals surface area contributed by atoms with Gasteiger partial charge in [0, 0.05) is 18.7 Å². The van der Waals surface area contributed by atoms with Crippen LogP contribution in [0.5, 0.6) is 11.5 Å². The lowest BCUT2D eigenvalue weighted by Gasteiger charge is -2.32. The number of hydrogen-bond acceptors (Lipinski definition) is 5. The van der Waals surface area contributed by atoms with Gasteiger partial charge in [0.2, 0.25) is 18.6 Å². The number of rotatable bonds is 3. The second kappa shape index (κ2) is 7.67. The third-order valence-corrected chi connectivity index (χ3v) is 4.80. The number of amides is 3. The number of fused-ring (bicyclic) bond motifs is 2. The van der Waals surface area contributed by atoms with Gasteiger partial charge >= 0.3 is 0 Å². The first-order valence-corrected chi connectivity index (χ1v) is 9.08. The average Bonchev–Trinajstić information content (AvgIpc) is 3.20. The van der Waals surface area contributed by atoms with E-state index in [-0.39, 0.29) is 19.1 Å². The predicted octanol–water partition coefficient (Wildman–Crippen LogP) is 2.14. The molecular weight excluding hydrogens is 374 g/mol. The zero-order chi connectivity index (χ0) is 20.4. The first-order chi connectivity index (χ1) is 14.0. The van der Waals surface area contributed by atoms with E-state index in [1.165, 1.54) is 11.8 Å². The van der Waals surface area contributed by atoms with Gasteiger partial charge in [-0.15, -0.1) is 0 Å². The number of nitrogens with zero attached hydrogens (tertiary/aromatic N) is 1. The number of carbonyl (C=O) groups is 3. The molecule has 2 heterocycles. The molecule has 0 spiro atoms. The highest BCUT2D eigenvalue weighted by Crippen LogP contribution is 2.33. The first-order valence-electron chi connectivity index (χ1n) is 9.08. The Labute approximate surface area is 167 Å². The molecule has 0 aliphatic carbocycles. The van der Waals surface area contributed by atoms with Gasteiger partial charge in [-0.2, -0.15) is 0 Å². The molecule has 2 aromatic carbocycles. The van der Waals surface area contributed by atoms with Crippen LogP contribution in [0.2, 0.25) is 0 Å². The molecule has 2 N–H and O–H groups in total. The zero-order valence-corrected chi connectivity index (χ0v) is 15.7. The summed E-state index contributed by atoms with van der Waals surface area (Å²) in [4.78, 5) is 38.3. The Kier molecular flexibility index (Phi) is 4.90. The van der Waals surface area contributed by atoms with Crippen LogP contribution in [0.4, 0.5) is 0 Å². The van der Waals surface area contributed by atoms with E-state index < -0.39 is 17.9 Å². The molecule has 0 aromatic heterocycles. The Morgan fingerprint density at radius 1 is 1.07 bits per heavy atom. The van der Waals surface area contributed by atoms with Gasteiger partial charge in [0.1, 0.15) is 0 Å². The monoisotopic (exact) mass is 393 g/mol. The Morgan fingerprint density at radius 3 is 2.69 bits per heavy atom. The molecule has 2 aliphatic heterocycles. The van der Waals surface area contributed by atoms with E-state index in [4.69, 9.17) is 9.47 Å². The second-order valence-electron chi connectivity index (χ2n) is 6.66. The fraction of sp³-hybridized carbons (Fsp3) is 0.190. The van der Waals surface area contributed by atoms with E-state index >= 15 is 0 Å². The van der Waals surface area contributed by atoms with Gasteiger partial charge in [-0.05, 0) is 35.4 Å². The highest BCUT2D eigenvalue weighted by atomic mass is 16.7. The van der Waals surface area contributed by atoms with Crippen molar-refractivity contribution in [2.24, 2.45) is 0 Å². The summed E-state index contributed by atoms with van der Waals surface area (Å²) < 4.78 is 10.5. The molecule has 0 saturated heterocycles. The Hall–Kier alpha value is -3.81. The van der Waals surface area contributed by atoms with Crippen LogP contribution < -0.4 is 20.3 Å². The summed E-state index contributed by atoms with van der Waals surface area (Å²) in [6.07, 6.45) is 3.52. The van der Waals surface area contributed by atoms with Gasteiger partial charge in [-0.1, -0.05) is 24.3 Å². The molecular formula is C21H19N3O5. The average molecular weight is 393 g/mol. The topological polar surface area (TPSA) is 97.0 Å². The molecule has 0 fully saturated rings. The maximum atomic E-state index is 12.5. The Morgan fingerprint density at radius 2 is 1.86 bits per heavy atom. The number of hydrogen-bond donors (Lipinski definition) is 2. The van der Waals surface area contributed by atoms with Gasteiger partial charge in [-0.25, -0.2) is 0 Å². The number of carbonyl (C=O) groups excluding carboxylic acids is 3. The van der Waals surface area contributed by atoms with Crippen molar-refractivity contribution in [2.45, 2.75) is 19.4 Å². The maximum absolute atomic E-state index is 12.5. The van der Waals surface area contributed by atoms with E-state index in [1.54, 1.807) is 24.4 Å². The highest BCUT2D eigenvalue weighted by Gasteiger charge is 2.28. The molecule has 3 amide bonds. The van der Waals surface area contributed by atoms with E-state index in [1.807, 2.05) is 30.3 Å².